The molecule has 1 aliphatic heterocycles. The van der Waals surface area contributed by atoms with Gasteiger partial charge in [-0.15, -0.1) is 0 Å². The van der Waals surface area contributed by atoms with Crippen molar-refractivity contribution in [2.24, 2.45) is 0 Å². The van der Waals surface area contributed by atoms with Crippen molar-refractivity contribution in [1.82, 2.24) is 19.8 Å². The number of aryl methyl sites for hydroxylation is 1. The third-order valence-corrected chi connectivity index (χ3v) is 9.55. The molecule has 0 spiro atoms. The minimum Gasteiger partial charge on any atom is -0.462 e. The maximum atomic E-state index is 14.5. The van der Waals surface area contributed by atoms with Crippen molar-refractivity contribution in [2.75, 3.05) is 46.4 Å². The molecule has 0 bridgehead atoms. The third kappa shape index (κ3) is 9.08. The number of hydrogen-bond donors (Lipinski definition) is 0. The maximum absolute atomic E-state index is 14.5. The molecule has 0 aliphatic carbocycles. The van der Waals surface area contributed by atoms with Gasteiger partial charge in [-0.05, 0) is 67.3 Å². The highest BCUT2D eigenvalue weighted by atomic mass is 35.5. The van der Waals surface area contributed by atoms with E-state index in [2.05, 4.69) is 34.1 Å². The van der Waals surface area contributed by atoms with E-state index in [1.54, 1.807) is 18.3 Å². The molecular weight excluding hydrogens is 660 g/mol. The first-order chi connectivity index (χ1) is 24.9. The average molecular weight is 703 g/mol. The van der Waals surface area contributed by atoms with Gasteiger partial charge < -0.3 is 19.3 Å². The van der Waals surface area contributed by atoms with Crippen molar-refractivity contribution in [2.45, 2.75) is 32.3 Å². The number of amides is 1. The molecule has 262 valence electrons. The second-order valence-electron chi connectivity index (χ2n) is 12.8. The quantitative estimate of drug-likeness (QED) is 0.0922. The molecule has 5 aromatic rings. The van der Waals surface area contributed by atoms with Crippen molar-refractivity contribution in [3.05, 3.63) is 154 Å². The molecule has 2 aromatic heterocycles. The number of aromatic nitrogens is 2. The summed E-state index contributed by atoms with van der Waals surface area (Å²) in [6.07, 6.45) is 4.76. The van der Waals surface area contributed by atoms with Gasteiger partial charge in [0.1, 0.15) is 0 Å². The van der Waals surface area contributed by atoms with E-state index >= 15 is 0 Å². The van der Waals surface area contributed by atoms with Gasteiger partial charge in [0.05, 0.1) is 42.3 Å². The Bertz CT molecular complexity index is 1880. The van der Waals surface area contributed by atoms with Gasteiger partial charge in [-0.3, -0.25) is 14.8 Å². The van der Waals surface area contributed by atoms with Gasteiger partial charge in [0.2, 0.25) is 0 Å². The molecule has 1 amide bonds. The minimum absolute atomic E-state index is 0.0217. The number of benzene rings is 3. The van der Waals surface area contributed by atoms with Crippen LogP contribution in [0.2, 0.25) is 5.02 Å². The van der Waals surface area contributed by atoms with Gasteiger partial charge >= 0.3 is 5.97 Å². The van der Waals surface area contributed by atoms with Crippen LogP contribution in [-0.4, -0.2) is 78.1 Å². The SMILES string of the molecule is Cc1nc(COCCc2cccnc2)c(C(=O)OCCC(c2ccccc2)c2ccccc2)c(-c2cccc(Cl)c2)c1C(=O)N1CCN(C)CC1. The maximum Gasteiger partial charge on any atom is 0.340 e. The van der Waals surface area contributed by atoms with Crippen molar-refractivity contribution in [3.63, 3.8) is 0 Å². The molecule has 9 heteroatoms. The highest BCUT2D eigenvalue weighted by molar-refractivity contribution is 6.31. The summed E-state index contributed by atoms with van der Waals surface area (Å²) >= 11 is 6.54. The van der Waals surface area contributed by atoms with E-state index in [1.807, 2.05) is 85.7 Å². The van der Waals surface area contributed by atoms with Gasteiger partial charge in [-0.1, -0.05) is 90.5 Å². The van der Waals surface area contributed by atoms with Crippen LogP contribution in [0.15, 0.2) is 109 Å². The Morgan fingerprint density at radius 3 is 2.20 bits per heavy atom. The first-order valence-corrected chi connectivity index (χ1v) is 17.8. The van der Waals surface area contributed by atoms with E-state index in [1.165, 1.54) is 0 Å². The predicted molar refractivity (Wildman–Crippen MR) is 200 cm³/mol. The summed E-state index contributed by atoms with van der Waals surface area (Å²) in [6.45, 7) is 5.07. The van der Waals surface area contributed by atoms with Crippen LogP contribution < -0.4 is 0 Å². The lowest BCUT2D eigenvalue weighted by molar-refractivity contribution is 0.0488. The van der Waals surface area contributed by atoms with Gasteiger partial charge in [0, 0.05) is 55.1 Å². The summed E-state index contributed by atoms with van der Waals surface area (Å²) in [6, 6.07) is 31.6. The first-order valence-electron chi connectivity index (χ1n) is 17.4. The Kier molecular flexibility index (Phi) is 12.2. The van der Waals surface area contributed by atoms with Crippen molar-refractivity contribution < 1.29 is 19.1 Å². The fraction of sp³-hybridized carbons (Fsp3) is 0.286. The van der Waals surface area contributed by atoms with Gasteiger partial charge in [-0.2, -0.15) is 0 Å². The molecule has 0 unspecified atom stereocenters. The normalized spacial score (nSPS) is 13.4. The number of piperazine rings is 1. The van der Waals surface area contributed by atoms with Crippen LogP contribution >= 0.6 is 11.6 Å². The smallest absolute Gasteiger partial charge is 0.340 e. The van der Waals surface area contributed by atoms with Crippen LogP contribution in [0.3, 0.4) is 0 Å². The number of nitrogens with zero attached hydrogens (tertiary/aromatic N) is 4. The molecule has 0 radical (unpaired) electrons. The second kappa shape index (κ2) is 17.4. The van der Waals surface area contributed by atoms with Gasteiger partial charge in [0.15, 0.2) is 0 Å². The average Bonchev–Trinajstić information content (AvgIpc) is 3.16. The second-order valence-corrected chi connectivity index (χ2v) is 13.3. The van der Waals surface area contributed by atoms with E-state index in [0.717, 1.165) is 29.8 Å². The van der Waals surface area contributed by atoms with Crippen LogP contribution in [0.25, 0.3) is 11.1 Å². The third-order valence-electron chi connectivity index (χ3n) is 9.32. The van der Waals surface area contributed by atoms with Crippen LogP contribution in [0.5, 0.6) is 0 Å². The summed E-state index contributed by atoms with van der Waals surface area (Å²) < 4.78 is 12.3. The zero-order valence-corrected chi connectivity index (χ0v) is 29.9. The number of halogens is 1. The Morgan fingerprint density at radius 2 is 1.55 bits per heavy atom. The molecule has 1 fully saturated rings. The van der Waals surface area contributed by atoms with E-state index in [0.29, 0.717) is 65.6 Å². The Morgan fingerprint density at radius 1 is 0.843 bits per heavy atom. The van der Waals surface area contributed by atoms with E-state index in [9.17, 15) is 9.59 Å². The van der Waals surface area contributed by atoms with Crippen LogP contribution in [0.1, 0.15) is 61.1 Å². The van der Waals surface area contributed by atoms with Gasteiger partial charge in [-0.25, -0.2) is 4.79 Å². The van der Waals surface area contributed by atoms with E-state index < -0.39 is 5.97 Å². The first kappa shape index (κ1) is 35.9. The topological polar surface area (TPSA) is 84.9 Å². The molecule has 8 nitrogen and oxygen atoms in total. The summed E-state index contributed by atoms with van der Waals surface area (Å²) in [5.74, 6) is -0.710. The largest absolute Gasteiger partial charge is 0.462 e. The number of carbonyl (C=O) groups excluding carboxylic acids is 2. The zero-order chi connectivity index (χ0) is 35.6. The molecule has 0 N–H and O–H groups in total. The van der Waals surface area contributed by atoms with Crippen LogP contribution in [0, 0.1) is 6.92 Å². The number of carbonyl (C=O) groups is 2. The summed E-state index contributed by atoms with van der Waals surface area (Å²) in [5, 5.41) is 0.488. The predicted octanol–water partition coefficient (Wildman–Crippen LogP) is 7.63. The summed E-state index contributed by atoms with van der Waals surface area (Å²) in [5.41, 5.74) is 5.95. The van der Waals surface area contributed by atoms with Crippen LogP contribution in [0.4, 0.5) is 0 Å². The lowest BCUT2D eigenvalue weighted by Gasteiger charge is -2.33. The van der Waals surface area contributed by atoms with Crippen molar-refractivity contribution in [1.29, 1.82) is 0 Å². The number of pyridine rings is 2. The molecule has 6 rings (SSSR count). The summed E-state index contributed by atoms with van der Waals surface area (Å²) in [4.78, 5) is 41.9. The van der Waals surface area contributed by atoms with Gasteiger partial charge in [0.25, 0.3) is 5.91 Å². The molecule has 3 aromatic carbocycles. The molecule has 3 heterocycles. The number of esters is 1. The number of likely N-dealkylation sites (N-methyl/N-ethyl adjacent to an activating group) is 1. The monoisotopic (exact) mass is 702 g/mol. The zero-order valence-electron chi connectivity index (χ0n) is 29.1. The number of hydrogen-bond acceptors (Lipinski definition) is 7. The Hall–Kier alpha value is -4.89. The number of rotatable bonds is 13. The molecule has 1 aliphatic rings. The van der Waals surface area contributed by atoms with Crippen molar-refractivity contribution in [3.8, 4) is 11.1 Å². The highest BCUT2D eigenvalue weighted by Gasteiger charge is 2.32. The lowest BCUT2D eigenvalue weighted by atomic mass is 9.89. The fourth-order valence-electron chi connectivity index (χ4n) is 6.59. The number of ether oxygens (including phenoxy) is 2. The van der Waals surface area contributed by atoms with Crippen molar-refractivity contribution >= 4 is 23.5 Å². The fourth-order valence-corrected chi connectivity index (χ4v) is 6.78. The Balaban J connectivity index is 1.36. The molecular formula is C42H43ClN4O4. The van der Waals surface area contributed by atoms with Crippen LogP contribution in [-0.2, 0) is 22.5 Å². The highest BCUT2D eigenvalue weighted by Crippen LogP contribution is 2.35. The minimum atomic E-state index is -0.560. The molecule has 1 saturated heterocycles. The Labute approximate surface area is 305 Å². The lowest BCUT2D eigenvalue weighted by Crippen LogP contribution is -2.47. The summed E-state index contributed by atoms with van der Waals surface area (Å²) in [7, 11) is 2.05. The van der Waals surface area contributed by atoms with E-state index in [4.69, 9.17) is 26.1 Å². The molecule has 51 heavy (non-hydrogen) atoms. The molecule has 0 saturated carbocycles. The standard InChI is InChI=1S/C42H43ClN4O4/c1-30-38(41(48)47-23-21-46(2)22-24-47)39(34-16-9-17-35(43)27-34)40(37(45-30)29-50-25-18-31-11-10-20-44-28-31)42(49)51-26-19-36(32-12-5-3-6-13-32)33-14-7-4-8-15-33/h3-17,20,27-28,36H,18-19,21-26,29H2,1-2H3. The van der Waals surface area contributed by atoms with E-state index in [-0.39, 0.29) is 30.6 Å². The molecule has 0 atom stereocenters.